The molecule has 1 atom stereocenters. The molecule has 1 saturated carbocycles. The van der Waals surface area contributed by atoms with Gasteiger partial charge in [0.25, 0.3) is 5.91 Å². The number of hydrogen-bond donors (Lipinski definition) is 1. The van der Waals surface area contributed by atoms with Crippen LogP contribution in [-0.4, -0.2) is 44.2 Å². The summed E-state index contributed by atoms with van der Waals surface area (Å²) in [5.41, 5.74) is 3.75. The topological polar surface area (TPSA) is 66.5 Å². The number of carbonyl (C=O) groups excluding carboxylic acids is 1. The summed E-state index contributed by atoms with van der Waals surface area (Å²) in [5.74, 6) is -0.995. The van der Waals surface area contributed by atoms with E-state index in [0.717, 1.165) is 37.1 Å². The second kappa shape index (κ2) is 11.8. The van der Waals surface area contributed by atoms with Gasteiger partial charge >= 0.3 is 6.18 Å². The molecule has 2 aliphatic rings. The van der Waals surface area contributed by atoms with Crippen LogP contribution in [0.5, 0.6) is 0 Å². The maximum Gasteiger partial charge on any atom is 0.391 e. The zero-order valence-electron chi connectivity index (χ0n) is 22.1. The molecule has 2 aromatic rings. The van der Waals surface area contributed by atoms with Gasteiger partial charge in [-0.15, -0.1) is 0 Å². The second-order valence-corrected chi connectivity index (χ2v) is 12.9. The molecule has 38 heavy (non-hydrogen) atoms. The first-order valence-electron chi connectivity index (χ1n) is 13.5. The van der Waals surface area contributed by atoms with E-state index in [0.29, 0.717) is 30.9 Å². The highest BCUT2D eigenvalue weighted by atomic mass is 32.2. The molecule has 1 heterocycles. The normalized spacial score (nSPS) is 22.6. The van der Waals surface area contributed by atoms with E-state index < -0.39 is 21.9 Å². The molecule has 1 aliphatic carbocycles. The van der Waals surface area contributed by atoms with Crippen molar-refractivity contribution in [3.05, 3.63) is 64.7 Å². The molecule has 9 heteroatoms. The van der Waals surface area contributed by atoms with Crippen LogP contribution in [0.2, 0.25) is 0 Å². The Morgan fingerprint density at radius 3 is 2.32 bits per heavy atom. The van der Waals surface area contributed by atoms with Gasteiger partial charge in [-0.1, -0.05) is 32.0 Å². The van der Waals surface area contributed by atoms with Gasteiger partial charge in [0.15, 0.2) is 9.84 Å². The molecule has 0 aromatic heterocycles. The lowest BCUT2D eigenvalue weighted by Crippen LogP contribution is -2.40. The minimum Gasteiger partial charge on any atom is -0.348 e. The van der Waals surface area contributed by atoms with Gasteiger partial charge in [-0.05, 0) is 85.4 Å². The Bertz CT molecular complexity index is 1220. The largest absolute Gasteiger partial charge is 0.391 e. The molecule has 2 aromatic carbocycles. The van der Waals surface area contributed by atoms with Crippen LogP contribution in [-0.2, 0) is 22.8 Å². The molecule has 1 amide bonds. The Kier molecular flexibility index (Phi) is 8.87. The van der Waals surface area contributed by atoms with Crippen molar-refractivity contribution in [3.63, 3.8) is 0 Å². The second-order valence-electron chi connectivity index (χ2n) is 10.6. The molecule has 1 fully saturated rings. The number of amides is 1. The van der Waals surface area contributed by atoms with Gasteiger partial charge in [-0.3, -0.25) is 9.69 Å². The summed E-state index contributed by atoms with van der Waals surface area (Å²) in [6.07, 6.45) is -0.655. The van der Waals surface area contributed by atoms with Crippen LogP contribution in [0.15, 0.2) is 47.4 Å². The van der Waals surface area contributed by atoms with Crippen molar-refractivity contribution in [2.45, 2.75) is 76.0 Å². The van der Waals surface area contributed by atoms with Crippen molar-refractivity contribution in [3.8, 4) is 0 Å². The summed E-state index contributed by atoms with van der Waals surface area (Å²) >= 11 is 0. The summed E-state index contributed by atoms with van der Waals surface area (Å²) in [6.45, 7) is 5.69. The van der Waals surface area contributed by atoms with Crippen LogP contribution in [0.4, 0.5) is 13.2 Å². The van der Waals surface area contributed by atoms with E-state index in [4.69, 9.17) is 0 Å². The molecule has 0 radical (unpaired) electrons. The number of nitrogens with one attached hydrogen (secondary N) is 1. The minimum absolute atomic E-state index is 0.0427. The van der Waals surface area contributed by atoms with E-state index in [9.17, 15) is 26.4 Å². The fraction of sp³-hybridized carbons (Fsp3) is 0.552. The molecule has 1 aliphatic heterocycles. The average Bonchev–Trinajstić information content (AvgIpc) is 2.91. The zero-order valence-corrected chi connectivity index (χ0v) is 22.9. The van der Waals surface area contributed by atoms with Crippen LogP contribution < -0.4 is 5.32 Å². The van der Waals surface area contributed by atoms with Gasteiger partial charge in [0.05, 0.1) is 16.6 Å². The fourth-order valence-electron chi connectivity index (χ4n) is 5.87. The molecule has 1 unspecified atom stereocenters. The van der Waals surface area contributed by atoms with E-state index in [-0.39, 0.29) is 35.4 Å². The maximum absolute atomic E-state index is 13.0. The van der Waals surface area contributed by atoms with Gasteiger partial charge in [-0.25, -0.2) is 8.42 Å². The third-order valence-electron chi connectivity index (χ3n) is 8.18. The predicted molar refractivity (Wildman–Crippen MR) is 142 cm³/mol. The van der Waals surface area contributed by atoms with Crippen LogP contribution >= 0.6 is 0 Å². The van der Waals surface area contributed by atoms with E-state index in [2.05, 4.69) is 17.1 Å². The zero-order chi connectivity index (χ0) is 27.5. The van der Waals surface area contributed by atoms with Gasteiger partial charge in [0.1, 0.15) is 0 Å². The molecule has 5 nitrogen and oxygen atoms in total. The van der Waals surface area contributed by atoms with Crippen LogP contribution in [0.25, 0.3) is 0 Å². The average molecular weight is 551 g/mol. The number of fused-ring (bicyclic) bond motifs is 1. The quantitative estimate of drug-likeness (QED) is 0.432. The summed E-state index contributed by atoms with van der Waals surface area (Å²) in [5, 5.41) is 2.92. The lowest BCUT2D eigenvalue weighted by Gasteiger charge is -2.40. The Balaban J connectivity index is 1.35. The van der Waals surface area contributed by atoms with Crippen molar-refractivity contribution in [1.82, 2.24) is 10.2 Å². The van der Waals surface area contributed by atoms with Crippen molar-refractivity contribution in [2.75, 3.05) is 18.8 Å². The lowest BCUT2D eigenvalue weighted by atomic mass is 9.80. The highest BCUT2D eigenvalue weighted by Crippen LogP contribution is 2.41. The molecule has 0 spiro atoms. The fourth-order valence-corrected chi connectivity index (χ4v) is 6.76. The summed E-state index contributed by atoms with van der Waals surface area (Å²) in [6, 6.07) is 12.6. The number of rotatable bonds is 8. The van der Waals surface area contributed by atoms with Crippen LogP contribution in [0, 0.1) is 11.8 Å². The Hall–Kier alpha value is -2.39. The number of benzene rings is 2. The number of hydrogen-bond acceptors (Lipinski definition) is 4. The minimum atomic E-state index is -4.08. The smallest absolute Gasteiger partial charge is 0.348 e. The number of alkyl halides is 3. The maximum atomic E-state index is 13.0. The highest BCUT2D eigenvalue weighted by Gasteiger charge is 2.42. The van der Waals surface area contributed by atoms with Crippen LogP contribution in [0.1, 0.15) is 79.0 Å². The lowest BCUT2D eigenvalue weighted by molar-refractivity contribution is -0.184. The van der Waals surface area contributed by atoms with Gasteiger partial charge in [-0.2, -0.15) is 13.2 Å². The van der Waals surface area contributed by atoms with Crippen molar-refractivity contribution in [2.24, 2.45) is 11.8 Å². The molecule has 1 N–H and O–H groups in total. The number of sulfone groups is 1. The van der Waals surface area contributed by atoms with Crippen LogP contribution in [0.3, 0.4) is 0 Å². The molecule has 208 valence electrons. The Morgan fingerprint density at radius 2 is 1.71 bits per heavy atom. The summed E-state index contributed by atoms with van der Waals surface area (Å²) < 4.78 is 63.1. The first-order valence-corrected chi connectivity index (χ1v) is 15.2. The Morgan fingerprint density at radius 1 is 1.03 bits per heavy atom. The summed E-state index contributed by atoms with van der Waals surface area (Å²) in [7, 11) is -3.26. The first kappa shape index (κ1) is 28.6. The third-order valence-corrected chi connectivity index (χ3v) is 9.93. The number of nitrogens with zero attached hydrogens (tertiary/aromatic N) is 1. The first-order chi connectivity index (χ1) is 18.0. The molecule has 0 saturated heterocycles. The molecular weight excluding hydrogens is 513 g/mol. The van der Waals surface area contributed by atoms with E-state index >= 15 is 0 Å². The third kappa shape index (κ3) is 6.60. The van der Waals surface area contributed by atoms with Gasteiger partial charge < -0.3 is 5.32 Å². The SMILES string of the molecule is CCC1c2ccc(C(=O)NCc3ccc(S(=O)(=O)CC)cc3)cc2CCN1CC1CCC(C(F)(F)F)CC1. The predicted octanol–water partition coefficient (Wildman–Crippen LogP) is 6.09. The monoisotopic (exact) mass is 550 g/mol. The van der Waals surface area contributed by atoms with Crippen molar-refractivity contribution in [1.29, 1.82) is 0 Å². The van der Waals surface area contributed by atoms with E-state index in [1.165, 1.54) is 5.56 Å². The Labute approximate surface area is 223 Å². The standard InChI is InChI=1S/C29H37F3N2O3S/c1-3-27-26-14-9-23(28(35)33-18-20-7-12-25(13-8-20)38(36,37)4-2)17-22(26)15-16-34(27)19-21-5-10-24(11-6-21)29(30,31)32/h7-9,12-14,17,21,24,27H,3-6,10-11,15-16,18-19H2,1-2H3,(H,33,35). The molecule has 4 rings (SSSR count). The highest BCUT2D eigenvalue weighted by molar-refractivity contribution is 7.91. The van der Waals surface area contributed by atoms with E-state index in [1.807, 2.05) is 18.2 Å². The number of carbonyl (C=O) groups is 1. The number of halogens is 3. The van der Waals surface area contributed by atoms with Crippen molar-refractivity contribution < 1.29 is 26.4 Å². The summed E-state index contributed by atoms with van der Waals surface area (Å²) in [4.78, 5) is 15.5. The molecular formula is C29H37F3N2O3S. The van der Waals surface area contributed by atoms with E-state index in [1.54, 1.807) is 31.2 Å². The van der Waals surface area contributed by atoms with Gasteiger partial charge in [0, 0.05) is 31.2 Å². The van der Waals surface area contributed by atoms with Gasteiger partial charge in [0.2, 0.25) is 0 Å². The molecule has 0 bridgehead atoms. The van der Waals surface area contributed by atoms with Crippen molar-refractivity contribution >= 4 is 15.7 Å².